The number of carboxylic acid groups (broad SMARTS) is 1. The lowest BCUT2D eigenvalue weighted by Gasteiger charge is -2.41. The van der Waals surface area contributed by atoms with Crippen LogP contribution in [0.15, 0.2) is 0 Å². The molecule has 0 saturated carbocycles. The van der Waals surface area contributed by atoms with E-state index in [-0.39, 0.29) is 24.0 Å². The van der Waals surface area contributed by atoms with Crippen LogP contribution in [0.2, 0.25) is 0 Å². The molecule has 1 aliphatic heterocycles. The standard InChI is InChI=1S/C13H23NO4/c1-8-9(2)14(7-6-10(8)11(15)16)12(17)18-13(3,4)5/h8-10H,6-7H2,1-5H3,(H,15,16). The van der Waals surface area contributed by atoms with Crippen LogP contribution in [-0.2, 0) is 9.53 Å². The molecule has 1 amide bonds. The molecule has 1 heterocycles. The average molecular weight is 257 g/mol. The van der Waals surface area contributed by atoms with E-state index in [1.165, 1.54) is 0 Å². The van der Waals surface area contributed by atoms with Crippen LogP contribution in [0, 0.1) is 11.8 Å². The predicted molar refractivity (Wildman–Crippen MR) is 67.3 cm³/mol. The largest absolute Gasteiger partial charge is 0.481 e. The Kier molecular flexibility index (Phi) is 4.24. The zero-order valence-electron chi connectivity index (χ0n) is 11.8. The fourth-order valence-electron chi connectivity index (χ4n) is 2.29. The van der Waals surface area contributed by atoms with E-state index in [1.807, 2.05) is 34.6 Å². The lowest BCUT2D eigenvalue weighted by Crippen LogP contribution is -2.52. The Morgan fingerprint density at radius 3 is 2.28 bits per heavy atom. The first-order valence-electron chi connectivity index (χ1n) is 6.36. The summed E-state index contributed by atoms with van der Waals surface area (Å²) in [4.78, 5) is 24.7. The van der Waals surface area contributed by atoms with Gasteiger partial charge in [0.2, 0.25) is 0 Å². The van der Waals surface area contributed by atoms with Gasteiger partial charge in [-0.25, -0.2) is 4.79 Å². The van der Waals surface area contributed by atoms with Gasteiger partial charge < -0.3 is 14.7 Å². The van der Waals surface area contributed by atoms with Crippen LogP contribution in [0.5, 0.6) is 0 Å². The topological polar surface area (TPSA) is 66.8 Å². The molecule has 1 saturated heterocycles. The van der Waals surface area contributed by atoms with Gasteiger partial charge in [-0.05, 0) is 40.0 Å². The molecular weight excluding hydrogens is 234 g/mol. The summed E-state index contributed by atoms with van der Waals surface area (Å²) in [5.41, 5.74) is -0.524. The minimum absolute atomic E-state index is 0.0660. The molecule has 0 aromatic carbocycles. The van der Waals surface area contributed by atoms with Crippen molar-refractivity contribution in [1.29, 1.82) is 0 Å². The fraction of sp³-hybridized carbons (Fsp3) is 0.846. The third-order valence-corrected chi connectivity index (χ3v) is 3.51. The zero-order chi connectivity index (χ0) is 14.1. The Bertz CT molecular complexity index is 334. The Labute approximate surface area is 108 Å². The van der Waals surface area contributed by atoms with Crippen LogP contribution in [0.25, 0.3) is 0 Å². The van der Waals surface area contributed by atoms with E-state index >= 15 is 0 Å². The van der Waals surface area contributed by atoms with Gasteiger partial charge in [0.15, 0.2) is 0 Å². The van der Waals surface area contributed by atoms with Gasteiger partial charge in [0.25, 0.3) is 0 Å². The Balaban J connectivity index is 2.71. The van der Waals surface area contributed by atoms with E-state index in [2.05, 4.69) is 0 Å². The van der Waals surface area contributed by atoms with Crippen molar-refractivity contribution in [2.45, 2.75) is 52.7 Å². The van der Waals surface area contributed by atoms with Crippen LogP contribution in [0.3, 0.4) is 0 Å². The monoisotopic (exact) mass is 257 g/mol. The number of carboxylic acids is 1. The Hall–Kier alpha value is -1.26. The van der Waals surface area contributed by atoms with Crippen molar-refractivity contribution < 1.29 is 19.4 Å². The van der Waals surface area contributed by atoms with Gasteiger partial charge in [-0.3, -0.25) is 4.79 Å². The second-order valence-electron chi connectivity index (χ2n) is 6.01. The highest BCUT2D eigenvalue weighted by molar-refractivity contribution is 5.72. The van der Waals surface area contributed by atoms with Crippen molar-refractivity contribution in [2.24, 2.45) is 11.8 Å². The molecule has 1 fully saturated rings. The highest BCUT2D eigenvalue weighted by Gasteiger charge is 2.39. The van der Waals surface area contributed by atoms with Gasteiger partial charge in [0.05, 0.1) is 5.92 Å². The summed E-state index contributed by atoms with van der Waals surface area (Å²) in [7, 11) is 0. The predicted octanol–water partition coefficient (Wildman–Crippen LogP) is 2.35. The van der Waals surface area contributed by atoms with Gasteiger partial charge in [-0.1, -0.05) is 6.92 Å². The molecule has 0 aromatic heterocycles. The molecule has 0 bridgehead atoms. The van der Waals surface area contributed by atoms with Crippen LogP contribution in [0.1, 0.15) is 41.0 Å². The van der Waals surface area contributed by atoms with E-state index in [1.54, 1.807) is 4.90 Å². The number of rotatable bonds is 1. The molecule has 0 aliphatic carbocycles. The summed E-state index contributed by atoms with van der Waals surface area (Å²) in [5, 5.41) is 9.10. The summed E-state index contributed by atoms with van der Waals surface area (Å²) in [6.07, 6.45) is 0.130. The second-order valence-corrected chi connectivity index (χ2v) is 6.01. The highest BCUT2D eigenvalue weighted by Crippen LogP contribution is 2.30. The number of piperidine rings is 1. The molecule has 0 radical (unpaired) electrons. The van der Waals surface area contributed by atoms with E-state index in [9.17, 15) is 9.59 Å². The van der Waals surface area contributed by atoms with E-state index < -0.39 is 11.6 Å². The summed E-state index contributed by atoms with van der Waals surface area (Å²) in [5.74, 6) is -1.22. The molecular formula is C13H23NO4. The van der Waals surface area contributed by atoms with E-state index in [4.69, 9.17) is 9.84 Å². The molecule has 1 aliphatic rings. The Morgan fingerprint density at radius 2 is 1.83 bits per heavy atom. The molecule has 104 valence electrons. The number of aliphatic carboxylic acids is 1. The van der Waals surface area contributed by atoms with Crippen LogP contribution in [0.4, 0.5) is 4.79 Å². The molecule has 1 rings (SSSR count). The maximum Gasteiger partial charge on any atom is 0.410 e. The molecule has 18 heavy (non-hydrogen) atoms. The van der Waals surface area contributed by atoms with Crippen molar-refractivity contribution in [3.05, 3.63) is 0 Å². The van der Waals surface area contributed by atoms with Crippen molar-refractivity contribution in [3.63, 3.8) is 0 Å². The number of amides is 1. The minimum Gasteiger partial charge on any atom is -0.481 e. The van der Waals surface area contributed by atoms with Crippen molar-refractivity contribution in [1.82, 2.24) is 4.90 Å². The van der Waals surface area contributed by atoms with Gasteiger partial charge >= 0.3 is 12.1 Å². The SMILES string of the molecule is CC1C(C(=O)O)CCN(C(=O)OC(C)(C)C)C1C. The third-order valence-electron chi connectivity index (χ3n) is 3.51. The van der Waals surface area contributed by atoms with E-state index in [0.717, 1.165) is 0 Å². The lowest BCUT2D eigenvalue weighted by molar-refractivity contribution is -0.146. The minimum atomic E-state index is -0.779. The number of nitrogens with zero attached hydrogens (tertiary/aromatic N) is 1. The molecule has 0 aromatic rings. The second kappa shape index (κ2) is 5.16. The summed E-state index contributed by atoms with van der Waals surface area (Å²) in [6.45, 7) is 9.66. The number of hydrogen-bond acceptors (Lipinski definition) is 3. The van der Waals surface area contributed by atoms with Crippen LogP contribution >= 0.6 is 0 Å². The summed E-state index contributed by atoms with van der Waals surface area (Å²) >= 11 is 0. The lowest BCUT2D eigenvalue weighted by atomic mass is 9.82. The smallest absolute Gasteiger partial charge is 0.410 e. The summed E-state index contributed by atoms with van der Waals surface area (Å²) in [6, 6.07) is -0.116. The molecule has 3 atom stereocenters. The van der Waals surface area contributed by atoms with E-state index in [0.29, 0.717) is 13.0 Å². The average Bonchev–Trinajstić information content (AvgIpc) is 2.18. The normalized spacial score (nSPS) is 28.9. The van der Waals surface area contributed by atoms with Crippen molar-refractivity contribution in [2.75, 3.05) is 6.54 Å². The maximum atomic E-state index is 12.0. The van der Waals surface area contributed by atoms with Gasteiger partial charge in [0, 0.05) is 12.6 Å². The van der Waals surface area contributed by atoms with Gasteiger partial charge in [-0.2, -0.15) is 0 Å². The zero-order valence-corrected chi connectivity index (χ0v) is 11.8. The molecule has 3 unspecified atom stereocenters. The number of carbonyl (C=O) groups excluding carboxylic acids is 1. The highest BCUT2D eigenvalue weighted by atomic mass is 16.6. The molecule has 5 heteroatoms. The maximum absolute atomic E-state index is 12.0. The van der Waals surface area contributed by atoms with Crippen molar-refractivity contribution in [3.8, 4) is 0 Å². The van der Waals surface area contributed by atoms with Gasteiger partial charge in [0.1, 0.15) is 5.60 Å². The quantitative estimate of drug-likeness (QED) is 0.783. The third kappa shape index (κ3) is 3.37. The van der Waals surface area contributed by atoms with Gasteiger partial charge in [-0.15, -0.1) is 0 Å². The van der Waals surface area contributed by atoms with Crippen LogP contribution in [-0.4, -0.2) is 40.3 Å². The van der Waals surface area contributed by atoms with Crippen molar-refractivity contribution >= 4 is 12.1 Å². The molecule has 5 nitrogen and oxygen atoms in total. The van der Waals surface area contributed by atoms with Crippen LogP contribution < -0.4 is 0 Å². The number of hydrogen-bond donors (Lipinski definition) is 1. The first-order valence-corrected chi connectivity index (χ1v) is 6.36. The first-order chi connectivity index (χ1) is 8.13. The number of carbonyl (C=O) groups is 2. The Morgan fingerprint density at radius 1 is 1.28 bits per heavy atom. The fourth-order valence-corrected chi connectivity index (χ4v) is 2.29. The number of likely N-dealkylation sites (tertiary alicyclic amines) is 1. The molecule has 1 N–H and O–H groups in total. The first kappa shape index (κ1) is 14.8. The number of ether oxygens (including phenoxy) is 1. The molecule has 0 spiro atoms. The summed E-state index contributed by atoms with van der Waals surface area (Å²) < 4.78 is 5.33.